The highest BCUT2D eigenvalue weighted by Crippen LogP contribution is 2.20. The van der Waals surface area contributed by atoms with Crippen molar-refractivity contribution < 1.29 is 19.1 Å². The SMILES string of the molecule is COc1cc(CC(=O)C(C#N)C(=O)NCCCOC(C)C)ccc1C. The number of methoxy groups -OCH3 is 1. The van der Waals surface area contributed by atoms with E-state index in [0.29, 0.717) is 30.9 Å². The molecule has 136 valence electrons. The van der Waals surface area contributed by atoms with Crippen LogP contribution in [-0.4, -0.2) is 38.1 Å². The van der Waals surface area contributed by atoms with Crippen LogP contribution in [-0.2, 0) is 20.7 Å². The van der Waals surface area contributed by atoms with E-state index in [9.17, 15) is 14.9 Å². The van der Waals surface area contributed by atoms with Gasteiger partial charge in [0.2, 0.25) is 5.91 Å². The normalized spacial score (nSPS) is 11.7. The maximum absolute atomic E-state index is 12.3. The zero-order valence-electron chi connectivity index (χ0n) is 15.3. The largest absolute Gasteiger partial charge is 0.496 e. The van der Waals surface area contributed by atoms with Gasteiger partial charge in [-0.15, -0.1) is 0 Å². The standard InChI is InChI=1S/C19H26N2O4/c1-13(2)25-9-5-8-21-19(23)16(12-20)17(22)10-15-7-6-14(3)18(11-15)24-4/h6-7,11,13,16H,5,8-10H2,1-4H3,(H,21,23). The summed E-state index contributed by atoms with van der Waals surface area (Å²) < 4.78 is 10.6. The van der Waals surface area contributed by atoms with Crippen LogP contribution in [0.5, 0.6) is 5.75 Å². The first kappa shape index (κ1) is 20.7. The van der Waals surface area contributed by atoms with Crippen molar-refractivity contribution in [1.82, 2.24) is 5.32 Å². The summed E-state index contributed by atoms with van der Waals surface area (Å²) in [5.74, 6) is -1.62. The first-order chi connectivity index (χ1) is 11.9. The lowest BCUT2D eigenvalue weighted by Gasteiger charge is -2.11. The van der Waals surface area contributed by atoms with Crippen LogP contribution in [0.3, 0.4) is 0 Å². The Morgan fingerprint density at radius 1 is 1.32 bits per heavy atom. The summed E-state index contributed by atoms with van der Waals surface area (Å²) in [5, 5.41) is 11.8. The van der Waals surface area contributed by atoms with Crippen LogP contribution in [0, 0.1) is 24.2 Å². The van der Waals surface area contributed by atoms with E-state index in [1.807, 2.05) is 26.8 Å². The van der Waals surface area contributed by atoms with Gasteiger partial charge >= 0.3 is 0 Å². The number of ketones is 1. The molecule has 1 aromatic rings. The third kappa shape index (κ3) is 6.94. The summed E-state index contributed by atoms with van der Waals surface area (Å²) in [4.78, 5) is 24.4. The molecule has 1 unspecified atom stereocenters. The molecule has 1 aromatic carbocycles. The molecule has 0 radical (unpaired) electrons. The highest BCUT2D eigenvalue weighted by atomic mass is 16.5. The number of ether oxygens (including phenoxy) is 2. The highest BCUT2D eigenvalue weighted by molar-refractivity contribution is 6.04. The summed E-state index contributed by atoms with van der Waals surface area (Å²) in [6, 6.07) is 7.19. The Morgan fingerprint density at radius 3 is 2.64 bits per heavy atom. The molecule has 25 heavy (non-hydrogen) atoms. The van der Waals surface area contributed by atoms with E-state index in [2.05, 4.69) is 5.32 Å². The van der Waals surface area contributed by atoms with Crippen molar-refractivity contribution in [2.75, 3.05) is 20.3 Å². The fourth-order valence-electron chi connectivity index (χ4n) is 2.26. The predicted octanol–water partition coefficient (Wildman–Crippen LogP) is 2.19. The lowest BCUT2D eigenvalue weighted by Crippen LogP contribution is -2.36. The van der Waals surface area contributed by atoms with Gasteiger partial charge < -0.3 is 14.8 Å². The molecule has 0 aliphatic carbocycles. The molecule has 0 spiro atoms. The maximum Gasteiger partial charge on any atom is 0.245 e. The number of Topliss-reactive ketones (excluding diaryl/α,β-unsaturated/α-hetero) is 1. The molecule has 0 aromatic heterocycles. The first-order valence-electron chi connectivity index (χ1n) is 8.34. The molecule has 1 amide bonds. The van der Waals surface area contributed by atoms with Crippen molar-refractivity contribution in [3.8, 4) is 11.8 Å². The fraction of sp³-hybridized carbons (Fsp3) is 0.526. The number of hydrogen-bond acceptors (Lipinski definition) is 5. The minimum atomic E-state index is -1.31. The molecule has 6 heteroatoms. The Balaban J connectivity index is 2.56. The summed E-state index contributed by atoms with van der Waals surface area (Å²) in [5.41, 5.74) is 1.67. The number of hydrogen-bond donors (Lipinski definition) is 1. The van der Waals surface area contributed by atoms with Gasteiger partial charge in [-0.1, -0.05) is 12.1 Å². The van der Waals surface area contributed by atoms with Gasteiger partial charge in [0.25, 0.3) is 0 Å². The zero-order chi connectivity index (χ0) is 18.8. The van der Waals surface area contributed by atoms with Crippen LogP contribution in [0.25, 0.3) is 0 Å². The van der Waals surface area contributed by atoms with Crippen molar-refractivity contribution in [2.45, 2.75) is 39.7 Å². The molecule has 0 saturated carbocycles. The zero-order valence-corrected chi connectivity index (χ0v) is 15.3. The molecule has 6 nitrogen and oxygen atoms in total. The van der Waals surface area contributed by atoms with Crippen molar-refractivity contribution >= 4 is 11.7 Å². The second-order valence-corrected chi connectivity index (χ2v) is 6.07. The van der Waals surface area contributed by atoms with E-state index in [1.54, 1.807) is 25.3 Å². The average molecular weight is 346 g/mol. The third-order valence-corrected chi connectivity index (χ3v) is 3.64. The molecule has 0 aliphatic heterocycles. The van der Waals surface area contributed by atoms with Gasteiger partial charge in [0, 0.05) is 19.6 Å². The van der Waals surface area contributed by atoms with E-state index < -0.39 is 17.6 Å². The molecule has 0 bridgehead atoms. The number of carbonyl (C=O) groups is 2. The molecular weight excluding hydrogens is 320 g/mol. The van der Waals surface area contributed by atoms with E-state index in [1.165, 1.54) is 0 Å². The average Bonchev–Trinajstić information content (AvgIpc) is 2.56. The minimum Gasteiger partial charge on any atom is -0.496 e. The number of amides is 1. The van der Waals surface area contributed by atoms with E-state index in [4.69, 9.17) is 9.47 Å². The highest BCUT2D eigenvalue weighted by Gasteiger charge is 2.26. The number of carbonyl (C=O) groups excluding carboxylic acids is 2. The van der Waals surface area contributed by atoms with Crippen LogP contribution in [0.4, 0.5) is 0 Å². The molecule has 0 saturated heterocycles. The van der Waals surface area contributed by atoms with Crippen molar-refractivity contribution in [3.05, 3.63) is 29.3 Å². The molecule has 0 heterocycles. The predicted molar refractivity (Wildman–Crippen MR) is 94.3 cm³/mol. The van der Waals surface area contributed by atoms with Gasteiger partial charge in [0.15, 0.2) is 11.7 Å². The van der Waals surface area contributed by atoms with Gasteiger partial charge in [-0.05, 0) is 44.4 Å². The van der Waals surface area contributed by atoms with Crippen LogP contribution in [0.15, 0.2) is 18.2 Å². The molecule has 0 aliphatic rings. The summed E-state index contributed by atoms with van der Waals surface area (Å²) in [6.07, 6.45) is 0.778. The van der Waals surface area contributed by atoms with Crippen molar-refractivity contribution in [2.24, 2.45) is 5.92 Å². The van der Waals surface area contributed by atoms with E-state index in [0.717, 1.165) is 5.56 Å². The lowest BCUT2D eigenvalue weighted by atomic mass is 9.97. The smallest absolute Gasteiger partial charge is 0.245 e. The Morgan fingerprint density at radius 2 is 2.04 bits per heavy atom. The third-order valence-electron chi connectivity index (χ3n) is 3.64. The molecule has 1 rings (SSSR count). The van der Waals surface area contributed by atoms with Gasteiger partial charge in [-0.3, -0.25) is 9.59 Å². The van der Waals surface area contributed by atoms with Gasteiger partial charge in [0.05, 0.1) is 19.3 Å². The Bertz CT molecular complexity index is 635. The number of benzene rings is 1. The Labute approximate surface area is 149 Å². The first-order valence-corrected chi connectivity index (χ1v) is 8.34. The number of nitrogens with zero attached hydrogens (tertiary/aromatic N) is 1. The van der Waals surface area contributed by atoms with Crippen LogP contribution >= 0.6 is 0 Å². The van der Waals surface area contributed by atoms with Crippen molar-refractivity contribution in [3.63, 3.8) is 0 Å². The Kier molecular flexibility index (Phi) is 8.65. The van der Waals surface area contributed by atoms with Crippen molar-refractivity contribution in [1.29, 1.82) is 5.26 Å². The minimum absolute atomic E-state index is 0.0126. The molecule has 0 fully saturated rings. The second-order valence-electron chi connectivity index (χ2n) is 6.07. The van der Waals surface area contributed by atoms with Gasteiger partial charge in [0.1, 0.15) is 5.75 Å². The monoisotopic (exact) mass is 346 g/mol. The number of rotatable bonds is 10. The topological polar surface area (TPSA) is 88.4 Å². The van der Waals surface area contributed by atoms with Gasteiger partial charge in [-0.2, -0.15) is 5.26 Å². The second kappa shape index (κ2) is 10.5. The van der Waals surface area contributed by atoms with Crippen LogP contribution in [0.2, 0.25) is 0 Å². The van der Waals surface area contributed by atoms with Gasteiger partial charge in [-0.25, -0.2) is 0 Å². The quantitative estimate of drug-likeness (QED) is 0.518. The number of nitriles is 1. The number of aryl methyl sites for hydroxylation is 1. The summed E-state index contributed by atoms with van der Waals surface area (Å²) in [7, 11) is 1.56. The molecular formula is C19H26N2O4. The van der Waals surface area contributed by atoms with Crippen LogP contribution < -0.4 is 10.1 Å². The number of nitrogens with one attached hydrogen (secondary N) is 1. The summed E-state index contributed by atoms with van der Waals surface area (Å²) in [6.45, 7) is 6.66. The molecule has 1 N–H and O–H groups in total. The van der Waals surface area contributed by atoms with E-state index >= 15 is 0 Å². The van der Waals surface area contributed by atoms with Crippen LogP contribution in [0.1, 0.15) is 31.4 Å². The summed E-state index contributed by atoms with van der Waals surface area (Å²) >= 11 is 0. The lowest BCUT2D eigenvalue weighted by molar-refractivity contribution is -0.131. The molecule has 1 atom stereocenters. The maximum atomic E-state index is 12.3. The fourth-order valence-corrected chi connectivity index (χ4v) is 2.26. The Hall–Kier alpha value is -2.39. The van der Waals surface area contributed by atoms with E-state index in [-0.39, 0.29) is 12.5 Å².